The third-order valence-electron chi connectivity index (χ3n) is 7.88. The van der Waals surface area contributed by atoms with Gasteiger partial charge < -0.3 is 24.7 Å². The van der Waals surface area contributed by atoms with E-state index in [1.807, 2.05) is 45.9 Å². The number of alkyl halides is 1. The van der Waals surface area contributed by atoms with Gasteiger partial charge in [-0.25, -0.2) is 0 Å². The molecule has 4 rings (SSSR count). The van der Waals surface area contributed by atoms with Crippen molar-refractivity contribution >= 4 is 39.4 Å². The lowest BCUT2D eigenvalue weighted by Gasteiger charge is -2.40. The van der Waals surface area contributed by atoms with Gasteiger partial charge in [0.25, 0.3) is 5.91 Å². The Morgan fingerprint density at radius 1 is 1.33 bits per heavy atom. The molecule has 9 heteroatoms. The Bertz CT molecular complexity index is 1060. The topological polar surface area (TPSA) is 107 Å². The van der Waals surface area contributed by atoms with Crippen molar-refractivity contribution in [3.8, 4) is 0 Å². The van der Waals surface area contributed by atoms with Crippen molar-refractivity contribution < 1.29 is 29.3 Å². The highest BCUT2D eigenvalue weighted by atomic mass is 79.9. The smallest absolute Gasteiger partial charge is 0.310 e. The predicted octanol–water partition coefficient (Wildman–Crippen LogP) is 3.06. The number of halogens is 1. The molecular formula is C27H35BrN2O6. The summed E-state index contributed by atoms with van der Waals surface area (Å²) in [6, 6.07) is 4.06. The molecule has 3 fully saturated rings. The molecule has 3 heterocycles. The number of amides is 2. The number of nitrogens with zero attached hydrogens (tertiary/aromatic N) is 2. The minimum atomic E-state index is -1.30. The number of ether oxygens (including phenoxy) is 1. The first-order valence-electron chi connectivity index (χ1n) is 12.5. The third-order valence-corrected chi connectivity index (χ3v) is 8.73. The molecule has 3 aliphatic rings. The van der Waals surface area contributed by atoms with Crippen molar-refractivity contribution in [3.63, 3.8) is 0 Å². The van der Waals surface area contributed by atoms with E-state index in [0.717, 1.165) is 16.8 Å². The predicted molar refractivity (Wildman–Crippen MR) is 139 cm³/mol. The van der Waals surface area contributed by atoms with E-state index >= 15 is 0 Å². The van der Waals surface area contributed by atoms with Gasteiger partial charge in [-0.1, -0.05) is 54.1 Å². The number of hydrogen-bond donors (Lipinski definition) is 2. The molecular weight excluding hydrogens is 528 g/mol. The number of hydrogen-bond acceptors (Lipinski definition) is 5. The zero-order chi connectivity index (χ0) is 26.5. The Hall–Kier alpha value is -2.23. The molecule has 36 heavy (non-hydrogen) atoms. The number of benzene rings is 1. The van der Waals surface area contributed by atoms with Crippen LogP contribution in [0.5, 0.6) is 0 Å². The second-order valence-electron chi connectivity index (χ2n) is 10.7. The Morgan fingerprint density at radius 2 is 1.97 bits per heavy atom. The van der Waals surface area contributed by atoms with Crippen LogP contribution in [0.1, 0.15) is 37.8 Å². The summed E-state index contributed by atoms with van der Waals surface area (Å²) in [5.74, 6) is -3.81. The molecule has 0 saturated carbocycles. The summed E-state index contributed by atoms with van der Waals surface area (Å²) in [7, 11) is 0. The monoisotopic (exact) mass is 562 g/mol. The minimum Gasteiger partial charge on any atom is -0.481 e. The fourth-order valence-electron chi connectivity index (χ4n) is 6.64. The normalized spacial score (nSPS) is 31.6. The van der Waals surface area contributed by atoms with E-state index in [1.54, 1.807) is 11.0 Å². The summed E-state index contributed by atoms with van der Waals surface area (Å²) in [6.45, 7) is 11.5. The molecule has 196 valence electrons. The summed E-state index contributed by atoms with van der Waals surface area (Å²) in [5, 5.41) is 20.4. The third kappa shape index (κ3) is 4.00. The molecule has 2 amide bonds. The van der Waals surface area contributed by atoms with Crippen LogP contribution < -0.4 is 4.90 Å². The van der Waals surface area contributed by atoms with Crippen LogP contribution in [0.3, 0.4) is 0 Å². The highest BCUT2D eigenvalue weighted by Gasteiger charge is 2.77. The maximum atomic E-state index is 14.6. The van der Waals surface area contributed by atoms with Gasteiger partial charge in [0.2, 0.25) is 5.91 Å². The number of carboxylic acid groups (broad SMARTS) is 1. The first-order valence-corrected chi connectivity index (χ1v) is 13.4. The average molecular weight is 563 g/mol. The fraction of sp³-hybridized carbons (Fsp3) is 0.593. The standard InChI is InChI=1S/C27H35BrN2O6/c1-6-10-29(21-15(4)8-7-9-16(21)5)25(33)23-27-12-18(28)22(36-27)19(26(34)35)20(27)24(32)30(23)17(13-31)11-14(2)3/h6-9,14,17-20,22-23,31H,1,10-13H2,2-5H3,(H,34,35)/t17-,18?,19-,20+,22-,23-,27+/m1/s1. The molecule has 7 atom stereocenters. The lowest BCUT2D eigenvalue weighted by atomic mass is 9.70. The molecule has 3 aliphatic heterocycles. The molecule has 2 N–H and O–H groups in total. The SMILES string of the molecule is C=CCN(C(=O)[C@H]1N([C@@H](CO)CC(C)C)C(=O)[C@@H]2[C@@H](C(=O)O)[C@@H]3O[C@@]21CC3Br)c1c(C)cccc1C. The van der Waals surface area contributed by atoms with Gasteiger partial charge in [0.05, 0.1) is 30.6 Å². The summed E-state index contributed by atoms with van der Waals surface area (Å²) in [6.07, 6.45) is 1.73. The fourth-order valence-corrected chi connectivity index (χ4v) is 7.58. The number of fused-ring (bicyclic) bond motifs is 1. The quantitative estimate of drug-likeness (QED) is 0.354. The van der Waals surface area contributed by atoms with E-state index in [-0.39, 0.29) is 29.8 Å². The molecule has 0 aromatic heterocycles. The largest absolute Gasteiger partial charge is 0.481 e. The number of rotatable bonds is 9. The van der Waals surface area contributed by atoms with Gasteiger partial charge in [-0.15, -0.1) is 6.58 Å². The second kappa shape index (κ2) is 9.91. The van der Waals surface area contributed by atoms with E-state index in [9.17, 15) is 24.6 Å². The summed E-state index contributed by atoms with van der Waals surface area (Å²) in [5.41, 5.74) is 1.23. The lowest BCUT2D eigenvalue weighted by Crippen LogP contribution is -2.59. The van der Waals surface area contributed by atoms with Gasteiger partial charge in [0.1, 0.15) is 11.6 Å². The van der Waals surface area contributed by atoms with Gasteiger partial charge in [0, 0.05) is 17.1 Å². The number of para-hydroxylation sites is 1. The number of aliphatic hydroxyl groups is 1. The van der Waals surface area contributed by atoms with E-state index < -0.39 is 47.5 Å². The molecule has 1 aromatic rings. The van der Waals surface area contributed by atoms with Crippen molar-refractivity contribution in [1.82, 2.24) is 4.90 Å². The molecule has 1 spiro atoms. The Labute approximate surface area is 220 Å². The van der Waals surface area contributed by atoms with Crippen LogP contribution in [0.4, 0.5) is 5.69 Å². The molecule has 0 radical (unpaired) electrons. The van der Waals surface area contributed by atoms with E-state index in [0.29, 0.717) is 12.8 Å². The van der Waals surface area contributed by atoms with Gasteiger partial charge in [-0.2, -0.15) is 0 Å². The number of aryl methyl sites for hydroxylation is 2. The number of carbonyl (C=O) groups excluding carboxylic acids is 2. The first kappa shape index (κ1) is 26.8. The zero-order valence-electron chi connectivity index (χ0n) is 21.2. The number of aliphatic carboxylic acids is 1. The van der Waals surface area contributed by atoms with Crippen LogP contribution in [0.25, 0.3) is 0 Å². The number of carbonyl (C=O) groups is 3. The molecule has 3 saturated heterocycles. The van der Waals surface area contributed by atoms with Crippen LogP contribution >= 0.6 is 15.9 Å². The van der Waals surface area contributed by atoms with Crippen molar-refractivity contribution in [1.29, 1.82) is 0 Å². The second-order valence-corrected chi connectivity index (χ2v) is 11.9. The number of aliphatic hydroxyl groups excluding tert-OH is 1. The maximum absolute atomic E-state index is 14.6. The van der Waals surface area contributed by atoms with Gasteiger partial charge in [0.15, 0.2) is 0 Å². The molecule has 1 unspecified atom stereocenters. The lowest BCUT2D eigenvalue weighted by molar-refractivity contribution is -0.151. The molecule has 8 nitrogen and oxygen atoms in total. The van der Waals surface area contributed by atoms with Crippen LogP contribution in [-0.4, -0.2) is 74.7 Å². The van der Waals surface area contributed by atoms with Crippen LogP contribution in [-0.2, 0) is 19.1 Å². The highest BCUT2D eigenvalue weighted by molar-refractivity contribution is 9.09. The first-order chi connectivity index (χ1) is 17.0. The van der Waals surface area contributed by atoms with Crippen molar-refractivity contribution in [2.45, 2.75) is 69.2 Å². The highest BCUT2D eigenvalue weighted by Crippen LogP contribution is 2.60. The van der Waals surface area contributed by atoms with Crippen molar-refractivity contribution in [2.75, 3.05) is 18.1 Å². The van der Waals surface area contributed by atoms with Crippen LogP contribution in [0, 0.1) is 31.6 Å². The van der Waals surface area contributed by atoms with Crippen LogP contribution in [0.15, 0.2) is 30.9 Å². The summed E-state index contributed by atoms with van der Waals surface area (Å²) in [4.78, 5) is 43.7. The number of likely N-dealkylation sites (tertiary alicyclic amines) is 1. The minimum absolute atomic E-state index is 0.142. The van der Waals surface area contributed by atoms with Gasteiger partial charge in [-0.3, -0.25) is 14.4 Å². The van der Waals surface area contributed by atoms with Gasteiger partial charge >= 0.3 is 5.97 Å². The number of carboxylic acids is 1. The Kier molecular flexibility index (Phi) is 7.38. The van der Waals surface area contributed by atoms with E-state index in [1.165, 1.54) is 4.90 Å². The van der Waals surface area contributed by atoms with Crippen molar-refractivity contribution in [2.24, 2.45) is 17.8 Å². The van der Waals surface area contributed by atoms with Crippen molar-refractivity contribution in [3.05, 3.63) is 42.0 Å². The molecule has 2 bridgehead atoms. The number of anilines is 1. The average Bonchev–Trinajstić information content (AvgIpc) is 3.39. The Morgan fingerprint density at radius 3 is 2.50 bits per heavy atom. The maximum Gasteiger partial charge on any atom is 0.310 e. The zero-order valence-corrected chi connectivity index (χ0v) is 22.8. The van der Waals surface area contributed by atoms with E-state index in [2.05, 4.69) is 22.5 Å². The van der Waals surface area contributed by atoms with Gasteiger partial charge in [-0.05, 0) is 43.7 Å². The van der Waals surface area contributed by atoms with Crippen LogP contribution in [0.2, 0.25) is 0 Å². The summed E-state index contributed by atoms with van der Waals surface area (Å²) < 4.78 is 6.38. The summed E-state index contributed by atoms with van der Waals surface area (Å²) >= 11 is 3.57. The van der Waals surface area contributed by atoms with E-state index in [4.69, 9.17) is 4.74 Å². The molecule has 0 aliphatic carbocycles. The molecule has 1 aromatic carbocycles. The Balaban J connectivity index is 1.89.